The van der Waals surface area contributed by atoms with E-state index in [-0.39, 0.29) is 53.2 Å². The summed E-state index contributed by atoms with van der Waals surface area (Å²) in [6.07, 6.45) is 2.91. The fourth-order valence-electron chi connectivity index (χ4n) is 4.55. The molecule has 3 aromatic carbocycles. The highest BCUT2D eigenvalue weighted by Crippen LogP contribution is 2.33. The Kier molecular flexibility index (Phi) is 9.23. The first kappa shape index (κ1) is 27.4. The molecule has 0 heterocycles. The molecule has 8 nitrogen and oxygen atoms in total. The lowest BCUT2D eigenvalue weighted by Crippen LogP contribution is -2.40. The molecular weight excluding hydrogens is 523 g/mol. The normalized spacial score (nSPS) is 14.3. The summed E-state index contributed by atoms with van der Waals surface area (Å²) in [6.45, 7) is 0.633. The standard InChI is InChI=1S/C28H30Cl2N6O2/c29-22-13-19(17-5-2-1-3-6-17)14-23(30)26(22)27(38)34-12-11-33-25(37)16-35-24-8-4-7-18-9-10-20(15-21(18)24)36-28(31)32/h1-3,5-6,9-10,13-15,24,35H,4,7-8,11-12,16H2,(H,33,37)(H,34,38)(H4,31,32,36). The first-order chi connectivity index (χ1) is 18.3. The van der Waals surface area contributed by atoms with Gasteiger partial charge in [0.1, 0.15) is 0 Å². The lowest BCUT2D eigenvalue weighted by molar-refractivity contribution is -0.120. The maximum Gasteiger partial charge on any atom is 0.254 e. The van der Waals surface area contributed by atoms with Crippen molar-refractivity contribution in [3.8, 4) is 11.1 Å². The van der Waals surface area contributed by atoms with Gasteiger partial charge in [0.05, 0.1) is 27.8 Å². The molecule has 4 rings (SSSR count). The Morgan fingerprint density at radius 1 is 0.921 bits per heavy atom. The second-order valence-electron chi connectivity index (χ2n) is 9.03. The van der Waals surface area contributed by atoms with Crippen LogP contribution in [0.15, 0.2) is 65.7 Å². The Labute approximate surface area is 231 Å². The Balaban J connectivity index is 1.25. The smallest absolute Gasteiger partial charge is 0.254 e. The summed E-state index contributed by atoms with van der Waals surface area (Å²) in [4.78, 5) is 29.2. The monoisotopic (exact) mass is 552 g/mol. The molecule has 1 atom stereocenters. The van der Waals surface area contributed by atoms with Crippen LogP contribution in [0, 0.1) is 0 Å². The lowest BCUT2D eigenvalue weighted by Gasteiger charge is -2.26. The number of nitrogens with two attached hydrogens (primary N) is 2. The highest BCUT2D eigenvalue weighted by Gasteiger charge is 2.21. The maximum absolute atomic E-state index is 12.7. The average Bonchev–Trinajstić information content (AvgIpc) is 2.89. The van der Waals surface area contributed by atoms with E-state index in [1.54, 1.807) is 12.1 Å². The number of hydrogen-bond donors (Lipinski definition) is 5. The van der Waals surface area contributed by atoms with Gasteiger partial charge in [0.15, 0.2) is 5.96 Å². The number of rotatable bonds is 9. The van der Waals surface area contributed by atoms with Gasteiger partial charge in [-0.3, -0.25) is 9.59 Å². The SMILES string of the molecule is NC(N)=Nc1ccc2c(c1)C(NCC(=O)NCCNC(=O)c1c(Cl)cc(-c3ccccc3)cc1Cl)CCC2. The van der Waals surface area contributed by atoms with E-state index in [9.17, 15) is 9.59 Å². The number of carbonyl (C=O) groups is 2. The van der Waals surface area contributed by atoms with Crippen molar-refractivity contribution in [2.24, 2.45) is 16.5 Å². The average molecular weight is 553 g/mol. The molecule has 0 fully saturated rings. The van der Waals surface area contributed by atoms with Crippen molar-refractivity contribution >= 4 is 46.7 Å². The number of guanidine groups is 1. The van der Waals surface area contributed by atoms with Crippen molar-refractivity contribution in [2.75, 3.05) is 19.6 Å². The predicted molar refractivity (Wildman–Crippen MR) is 153 cm³/mol. The molecule has 0 radical (unpaired) electrons. The first-order valence-corrected chi connectivity index (χ1v) is 13.1. The zero-order valence-electron chi connectivity index (χ0n) is 20.8. The van der Waals surface area contributed by atoms with E-state index in [1.165, 1.54) is 5.56 Å². The quantitative estimate of drug-likeness (QED) is 0.155. The number of amides is 2. The summed E-state index contributed by atoms with van der Waals surface area (Å²) in [5, 5.41) is 9.42. The van der Waals surface area contributed by atoms with Gasteiger partial charge in [-0.1, -0.05) is 59.6 Å². The molecule has 198 valence electrons. The van der Waals surface area contributed by atoms with E-state index in [0.717, 1.165) is 36.0 Å². The molecule has 7 N–H and O–H groups in total. The number of carbonyl (C=O) groups excluding carboxylic acids is 2. The Hall–Kier alpha value is -3.59. The minimum Gasteiger partial charge on any atom is -0.370 e. The molecule has 0 aromatic heterocycles. The summed E-state index contributed by atoms with van der Waals surface area (Å²) in [6, 6.07) is 19.0. The number of halogens is 2. The third kappa shape index (κ3) is 7.04. The van der Waals surface area contributed by atoms with Crippen LogP contribution in [0.1, 0.15) is 40.4 Å². The molecule has 2 amide bonds. The van der Waals surface area contributed by atoms with Gasteiger partial charge < -0.3 is 27.4 Å². The van der Waals surface area contributed by atoms with Gasteiger partial charge in [-0.05, 0) is 65.8 Å². The van der Waals surface area contributed by atoms with E-state index in [1.807, 2.05) is 48.5 Å². The zero-order valence-corrected chi connectivity index (χ0v) is 22.3. The van der Waals surface area contributed by atoms with Gasteiger partial charge in [-0.25, -0.2) is 4.99 Å². The van der Waals surface area contributed by atoms with Crippen LogP contribution < -0.4 is 27.4 Å². The largest absolute Gasteiger partial charge is 0.370 e. The van der Waals surface area contributed by atoms with Gasteiger partial charge >= 0.3 is 0 Å². The summed E-state index contributed by atoms with van der Waals surface area (Å²) < 4.78 is 0. The van der Waals surface area contributed by atoms with E-state index >= 15 is 0 Å². The van der Waals surface area contributed by atoms with Crippen molar-refractivity contribution < 1.29 is 9.59 Å². The van der Waals surface area contributed by atoms with Crippen molar-refractivity contribution in [3.63, 3.8) is 0 Å². The van der Waals surface area contributed by atoms with Crippen LogP contribution in [0.5, 0.6) is 0 Å². The minimum absolute atomic E-state index is 0.00507. The number of nitrogens with zero attached hydrogens (tertiary/aromatic N) is 1. The molecule has 0 saturated carbocycles. The van der Waals surface area contributed by atoms with Crippen LogP contribution in [0.4, 0.5) is 5.69 Å². The summed E-state index contributed by atoms with van der Waals surface area (Å²) >= 11 is 12.8. The van der Waals surface area contributed by atoms with Gasteiger partial charge in [0, 0.05) is 19.1 Å². The number of benzene rings is 3. The van der Waals surface area contributed by atoms with Crippen molar-refractivity contribution in [2.45, 2.75) is 25.3 Å². The van der Waals surface area contributed by atoms with Gasteiger partial charge in [0.25, 0.3) is 5.91 Å². The molecule has 3 aromatic rings. The molecule has 10 heteroatoms. The first-order valence-electron chi connectivity index (χ1n) is 12.4. The van der Waals surface area contributed by atoms with Crippen LogP contribution in [-0.2, 0) is 11.2 Å². The zero-order chi connectivity index (χ0) is 27.1. The predicted octanol–water partition coefficient (Wildman–Crippen LogP) is 4.08. The number of aryl methyl sites for hydroxylation is 1. The molecule has 1 aliphatic rings. The molecule has 1 unspecified atom stereocenters. The highest BCUT2D eigenvalue weighted by molar-refractivity contribution is 6.40. The number of nitrogens with one attached hydrogen (secondary N) is 3. The Bertz CT molecular complexity index is 1320. The van der Waals surface area contributed by atoms with Crippen LogP contribution in [-0.4, -0.2) is 37.4 Å². The Morgan fingerprint density at radius 2 is 1.63 bits per heavy atom. The number of fused-ring (bicyclic) bond motifs is 1. The van der Waals surface area contributed by atoms with Gasteiger partial charge in [-0.15, -0.1) is 0 Å². The summed E-state index contributed by atoms with van der Waals surface area (Å²) in [7, 11) is 0. The number of hydrogen-bond acceptors (Lipinski definition) is 4. The van der Waals surface area contributed by atoms with Crippen molar-refractivity contribution in [1.82, 2.24) is 16.0 Å². The fourth-order valence-corrected chi connectivity index (χ4v) is 5.21. The highest BCUT2D eigenvalue weighted by atomic mass is 35.5. The van der Waals surface area contributed by atoms with Crippen LogP contribution >= 0.6 is 23.2 Å². The van der Waals surface area contributed by atoms with E-state index < -0.39 is 5.91 Å². The summed E-state index contributed by atoms with van der Waals surface area (Å²) in [5.41, 5.74) is 16.0. The molecule has 38 heavy (non-hydrogen) atoms. The molecule has 0 aliphatic heterocycles. The molecule has 0 bridgehead atoms. The molecule has 0 saturated heterocycles. The topological polar surface area (TPSA) is 135 Å². The fraction of sp³-hybridized carbons (Fsp3) is 0.250. The lowest BCUT2D eigenvalue weighted by atomic mass is 9.87. The van der Waals surface area contributed by atoms with E-state index in [2.05, 4.69) is 20.9 Å². The second-order valence-corrected chi connectivity index (χ2v) is 9.85. The Morgan fingerprint density at radius 3 is 2.34 bits per heavy atom. The van der Waals surface area contributed by atoms with Crippen molar-refractivity contribution in [1.29, 1.82) is 0 Å². The minimum atomic E-state index is -0.401. The third-order valence-electron chi connectivity index (χ3n) is 6.32. The maximum atomic E-state index is 12.7. The molecule has 0 spiro atoms. The van der Waals surface area contributed by atoms with Crippen LogP contribution in [0.2, 0.25) is 10.0 Å². The van der Waals surface area contributed by atoms with E-state index in [0.29, 0.717) is 5.69 Å². The number of aliphatic imine (C=N–C) groups is 1. The summed E-state index contributed by atoms with van der Waals surface area (Å²) in [5.74, 6) is -0.567. The van der Waals surface area contributed by atoms with Crippen LogP contribution in [0.25, 0.3) is 11.1 Å². The van der Waals surface area contributed by atoms with Gasteiger partial charge in [-0.2, -0.15) is 0 Å². The second kappa shape index (κ2) is 12.8. The van der Waals surface area contributed by atoms with Crippen molar-refractivity contribution in [3.05, 3.63) is 87.4 Å². The van der Waals surface area contributed by atoms with Gasteiger partial charge in [0.2, 0.25) is 5.91 Å². The molecule has 1 aliphatic carbocycles. The molecular formula is C28H30Cl2N6O2. The van der Waals surface area contributed by atoms with Crippen LogP contribution in [0.3, 0.4) is 0 Å². The van der Waals surface area contributed by atoms with E-state index in [4.69, 9.17) is 34.7 Å². The third-order valence-corrected chi connectivity index (χ3v) is 6.92.